The van der Waals surface area contributed by atoms with Crippen molar-refractivity contribution in [3.8, 4) is 29.0 Å². The molecule has 0 N–H and O–H groups in total. The third kappa shape index (κ3) is 8.33. The maximum Gasteiger partial charge on any atom is 0.315 e. The van der Waals surface area contributed by atoms with Crippen LogP contribution in [0.2, 0.25) is 0 Å². The minimum absolute atomic E-state index is 0.182. The van der Waals surface area contributed by atoms with E-state index in [1.165, 1.54) is 38.5 Å². The second-order valence-corrected chi connectivity index (χ2v) is 10.1. The summed E-state index contributed by atoms with van der Waals surface area (Å²) in [5.74, 6) is 0.611. The fourth-order valence-corrected chi connectivity index (χ4v) is 4.87. The van der Waals surface area contributed by atoms with Crippen LogP contribution in [-0.2, 0) is 4.79 Å². The summed E-state index contributed by atoms with van der Waals surface area (Å²) in [6, 6.07) is 13.9. The molecule has 0 atom stereocenters. The second kappa shape index (κ2) is 14.6. The maximum atomic E-state index is 12.7. The Bertz CT molecular complexity index is 958. The molecule has 0 unspecified atom stereocenters. The molecule has 3 rings (SSSR count). The number of unbranched alkanes of at least 4 members (excludes halogenated alkanes) is 6. The number of ether oxygens (including phenoxy) is 2. The first-order valence-corrected chi connectivity index (χ1v) is 13.8. The van der Waals surface area contributed by atoms with E-state index < -0.39 is 0 Å². The van der Waals surface area contributed by atoms with Crippen molar-refractivity contribution in [2.45, 2.75) is 97.3 Å². The normalized spacial score (nSPS) is 19.4. The number of rotatable bonds is 14. The molecule has 1 aromatic carbocycles. The average Bonchev–Trinajstić information content (AvgIpc) is 2.92. The molecule has 0 amide bonds. The molecule has 194 valence electrons. The van der Waals surface area contributed by atoms with Gasteiger partial charge in [-0.3, -0.25) is 4.79 Å². The fourth-order valence-electron chi connectivity index (χ4n) is 4.87. The minimum atomic E-state index is -0.277. The molecule has 2 aromatic rings. The summed E-state index contributed by atoms with van der Waals surface area (Å²) in [5.41, 5.74) is 1.36. The van der Waals surface area contributed by atoms with E-state index in [4.69, 9.17) is 9.47 Å². The zero-order valence-corrected chi connectivity index (χ0v) is 22.0. The van der Waals surface area contributed by atoms with Gasteiger partial charge in [-0.15, -0.1) is 10.2 Å². The molecular weight excluding hydrogens is 450 g/mol. The number of hydrogen-bond donors (Lipinski definition) is 0. The van der Waals surface area contributed by atoms with Gasteiger partial charge in [0.25, 0.3) is 0 Å². The van der Waals surface area contributed by atoms with Crippen LogP contribution in [0, 0.1) is 22.7 Å². The highest BCUT2D eigenvalue weighted by atomic mass is 16.5. The Balaban J connectivity index is 1.45. The van der Waals surface area contributed by atoms with E-state index in [-0.39, 0.29) is 23.2 Å². The molecule has 1 fully saturated rings. The molecule has 36 heavy (non-hydrogen) atoms. The van der Waals surface area contributed by atoms with Crippen molar-refractivity contribution < 1.29 is 14.3 Å². The van der Waals surface area contributed by atoms with Gasteiger partial charge in [0.15, 0.2) is 0 Å². The minimum Gasteiger partial charge on any atom is -0.494 e. The van der Waals surface area contributed by atoms with Gasteiger partial charge in [-0.25, -0.2) is 0 Å². The molecular formula is C30H41N3O3. The summed E-state index contributed by atoms with van der Waals surface area (Å²) >= 11 is 0. The van der Waals surface area contributed by atoms with Crippen molar-refractivity contribution in [3.05, 3.63) is 36.4 Å². The van der Waals surface area contributed by atoms with Crippen molar-refractivity contribution >= 4 is 5.97 Å². The van der Waals surface area contributed by atoms with Gasteiger partial charge in [-0.2, -0.15) is 5.26 Å². The van der Waals surface area contributed by atoms with Crippen LogP contribution < -0.4 is 9.47 Å². The number of esters is 1. The molecule has 1 aromatic heterocycles. The number of nitriles is 1. The Morgan fingerprint density at radius 1 is 0.944 bits per heavy atom. The monoisotopic (exact) mass is 491 g/mol. The zero-order valence-electron chi connectivity index (χ0n) is 22.0. The zero-order chi connectivity index (χ0) is 25.6. The molecule has 6 nitrogen and oxygen atoms in total. The van der Waals surface area contributed by atoms with Gasteiger partial charge in [0.1, 0.15) is 5.75 Å². The molecule has 1 aliphatic carbocycles. The van der Waals surface area contributed by atoms with E-state index in [9.17, 15) is 10.1 Å². The van der Waals surface area contributed by atoms with Crippen LogP contribution in [0.25, 0.3) is 11.3 Å². The van der Waals surface area contributed by atoms with E-state index in [0.717, 1.165) is 50.0 Å². The van der Waals surface area contributed by atoms with Gasteiger partial charge in [-0.1, -0.05) is 58.8 Å². The summed E-state index contributed by atoms with van der Waals surface area (Å²) in [7, 11) is 0. The van der Waals surface area contributed by atoms with E-state index in [1.807, 2.05) is 30.3 Å². The average molecular weight is 492 g/mol. The molecule has 1 aliphatic rings. The lowest BCUT2D eigenvalue weighted by Crippen LogP contribution is -2.31. The third-order valence-corrected chi connectivity index (χ3v) is 7.28. The third-order valence-electron chi connectivity index (χ3n) is 7.28. The van der Waals surface area contributed by atoms with Gasteiger partial charge in [-0.05, 0) is 68.9 Å². The predicted octanol–water partition coefficient (Wildman–Crippen LogP) is 7.68. The van der Waals surface area contributed by atoms with Crippen molar-refractivity contribution in [1.82, 2.24) is 10.2 Å². The van der Waals surface area contributed by atoms with Crippen LogP contribution in [0.5, 0.6) is 11.6 Å². The van der Waals surface area contributed by atoms with E-state index in [0.29, 0.717) is 18.5 Å². The van der Waals surface area contributed by atoms with Gasteiger partial charge in [0.2, 0.25) is 5.88 Å². The summed E-state index contributed by atoms with van der Waals surface area (Å²) in [6.45, 7) is 5.11. The highest BCUT2D eigenvalue weighted by molar-refractivity contribution is 5.75. The lowest BCUT2D eigenvalue weighted by Gasteiger charge is -2.34. The first-order chi connectivity index (χ1) is 17.6. The Kier molecular flexibility index (Phi) is 11.2. The van der Waals surface area contributed by atoms with Crippen LogP contribution in [0.3, 0.4) is 0 Å². The number of hydrogen-bond acceptors (Lipinski definition) is 6. The largest absolute Gasteiger partial charge is 0.494 e. The molecule has 0 bridgehead atoms. The first-order valence-electron chi connectivity index (χ1n) is 13.8. The SMILES string of the molecule is CCCCCCC[C@]1(C#N)CC[C@H](C(=O)Oc2ccc(-c3ccc(OCCCCC)cc3)nn2)CC1. The molecule has 0 aliphatic heterocycles. The number of aromatic nitrogens is 2. The predicted molar refractivity (Wildman–Crippen MR) is 142 cm³/mol. The van der Waals surface area contributed by atoms with E-state index >= 15 is 0 Å². The quantitative estimate of drug-likeness (QED) is 0.199. The van der Waals surface area contributed by atoms with Crippen molar-refractivity contribution in [2.24, 2.45) is 11.3 Å². The first kappa shape index (κ1) is 27.6. The number of benzene rings is 1. The molecule has 1 heterocycles. The van der Waals surface area contributed by atoms with E-state index in [1.54, 1.807) is 6.07 Å². The molecule has 0 radical (unpaired) electrons. The topological polar surface area (TPSA) is 85.1 Å². The molecule has 1 saturated carbocycles. The van der Waals surface area contributed by atoms with Crippen LogP contribution in [0.4, 0.5) is 0 Å². The van der Waals surface area contributed by atoms with Gasteiger partial charge in [0, 0.05) is 11.6 Å². The van der Waals surface area contributed by atoms with E-state index in [2.05, 4.69) is 30.1 Å². The molecule has 0 spiro atoms. The van der Waals surface area contributed by atoms with Crippen molar-refractivity contribution in [1.29, 1.82) is 5.26 Å². The maximum absolute atomic E-state index is 12.7. The smallest absolute Gasteiger partial charge is 0.315 e. The van der Waals surface area contributed by atoms with Crippen molar-refractivity contribution in [3.63, 3.8) is 0 Å². The van der Waals surface area contributed by atoms with Crippen LogP contribution in [0.15, 0.2) is 36.4 Å². The highest BCUT2D eigenvalue weighted by Gasteiger charge is 2.38. The summed E-state index contributed by atoms with van der Waals surface area (Å²) < 4.78 is 11.3. The standard InChI is InChI=1S/C30H41N3O3/c1-3-5-7-8-9-19-30(23-31)20-17-25(18-21-30)29(34)36-28-16-15-27(32-33-28)24-11-13-26(14-12-24)35-22-10-6-4-2/h11-16,25H,3-10,17-22H2,1-2H3/t25-,30-. The highest BCUT2D eigenvalue weighted by Crippen LogP contribution is 2.42. The van der Waals surface area contributed by atoms with Gasteiger partial charge < -0.3 is 9.47 Å². The lowest BCUT2D eigenvalue weighted by atomic mass is 9.69. The Morgan fingerprint density at radius 2 is 1.64 bits per heavy atom. The number of nitrogens with zero attached hydrogens (tertiary/aromatic N) is 3. The Morgan fingerprint density at radius 3 is 2.28 bits per heavy atom. The number of carbonyl (C=O) groups excluding carboxylic acids is 1. The van der Waals surface area contributed by atoms with Crippen molar-refractivity contribution in [2.75, 3.05) is 6.61 Å². The van der Waals surface area contributed by atoms with Crippen LogP contribution in [0.1, 0.15) is 97.3 Å². The number of carbonyl (C=O) groups is 1. The Hall–Kier alpha value is -2.94. The van der Waals surface area contributed by atoms with Crippen LogP contribution in [-0.4, -0.2) is 22.8 Å². The molecule has 6 heteroatoms. The second-order valence-electron chi connectivity index (χ2n) is 10.1. The van der Waals surface area contributed by atoms with Gasteiger partial charge >= 0.3 is 5.97 Å². The molecule has 0 saturated heterocycles. The van der Waals surface area contributed by atoms with Gasteiger partial charge in [0.05, 0.1) is 29.7 Å². The summed E-state index contributed by atoms with van der Waals surface area (Å²) in [6.07, 6.45) is 13.3. The summed E-state index contributed by atoms with van der Waals surface area (Å²) in [5, 5.41) is 18.2. The van der Waals surface area contributed by atoms with Crippen LogP contribution >= 0.6 is 0 Å². The lowest BCUT2D eigenvalue weighted by molar-refractivity contribution is -0.140. The fraction of sp³-hybridized carbons (Fsp3) is 0.600. The Labute approximate surface area is 216 Å². The summed E-state index contributed by atoms with van der Waals surface area (Å²) in [4.78, 5) is 12.7.